The minimum Gasteiger partial charge on any atom is -0.493 e. The van der Waals surface area contributed by atoms with Crippen LogP contribution in [0.5, 0.6) is 11.5 Å². The third kappa shape index (κ3) is 2.09. The number of aromatic nitrogens is 2. The van der Waals surface area contributed by atoms with Crippen molar-refractivity contribution in [3.05, 3.63) is 12.1 Å². The van der Waals surface area contributed by atoms with Crippen LogP contribution in [0.4, 0.5) is 0 Å². The topological polar surface area (TPSA) is 60.1 Å². The molecule has 0 saturated carbocycles. The van der Waals surface area contributed by atoms with Crippen LogP contribution in [0.15, 0.2) is 17.3 Å². The first-order valence-electron chi connectivity index (χ1n) is 5.29. The van der Waals surface area contributed by atoms with Crippen molar-refractivity contribution in [1.29, 1.82) is 5.26 Å². The molecule has 0 amide bonds. The van der Waals surface area contributed by atoms with Crippen molar-refractivity contribution in [2.24, 2.45) is 7.05 Å². The molecule has 0 aliphatic heterocycles. The third-order valence-electron chi connectivity index (χ3n) is 2.61. The van der Waals surface area contributed by atoms with Gasteiger partial charge in [0.1, 0.15) is 0 Å². The van der Waals surface area contributed by atoms with E-state index in [0.29, 0.717) is 17.3 Å². The van der Waals surface area contributed by atoms with Gasteiger partial charge in [0.05, 0.1) is 37.1 Å². The Morgan fingerprint density at radius 2 is 2.00 bits per heavy atom. The molecule has 1 heterocycles. The molecule has 18 heavy (non-hydrogen) atoms. The number of ether oxygens (including phenoxy) is 2. The van der Waals surface area contributed by atoms with Gasteiger partial charge in [0, 0.05) is 19.2 Å². The molecule has 5 nitrogen and oxygen atoms in total. The molecule has 2 aromatic rings. The van der Waals surface area contributed by atoms with Gasteiger partial charge >= 0.3 is 0 Å². The lowest BCUT2D eigenvalue weighted by Crippen LogP contribution is -1.93. The van der Waals surface area contributed by atoms with E-state index >= 15 is 0 Å². The Morgan fingerprint density at radius 1 is 1.33 bits per heavy atom. The molecule has 0 fully saturated rings. The fourth-order valence-corrected chi connectivity index (χ4v) is 2.37. The maximum absolute atomic E-state index is 8.61. The van der Waals surface area contributed by atoms with Gasteiger partial charge < -0.3 is 14.0 Å². The van der Waals surface area contributed by atoms with E-state index < -0.39 is 0 Å². The Morgan fingerprint density at radius 3 is 2.61 bits per heavy atom. The number of fused-ring (bicyclic) bond motifs is 1. The molecular formula is C12H13N3O2S. The number of nitrogens with zero attached hydrogens (tertiary/aromatic N) is 3. The van der Waals surface area contributed by atoms with Crippen molar-refractivity contribution in [3.63, 3.8) is 0 Å². The summed E-state index contributed by atoms with van der Waals surface area (Å²) in [6, 6.07) is 5.82. The van der Waals surface area contributed by atoms with E-state index in [9.17, 15) is 0 Å². The zero-order valence-corrected chi connectivity index (χ0v) is 11.2. The number of hydrogen-bond donors (Lipinski definition) is 0. The van der Waals surface area contributed by atoms with E-state index in [1.165, 1.54) is 11.8 Å². The number of benzene rings is 1. The molecule has 0 bridgehead atoms. The summed E-state index contributed by atoms with van der Waals surface area (Å²) in [5.74, 6) is 1.70. The first-order valence-corrected chi connectivity index (χ1v) is 6.28. The summed E-state index contributed by atoms with van der Waals surface area (Å²) in [5, 5.41) is 9.42. The highest BCUT2D eigenvalue weighted by molar-refractivity contribution is 7.99. The number of rotatable bonds is 4. The molecule has 2 rings (SSSR count). The molecule has 94 valence electrons. The smallest absolute Gasteiger partial charge is 0.169 e. The van der Waals surface area contributed by atoms with Crippen LogP contribution in [-0.4, -0.2) is 29.5 Å². The quantitative estimate of drug-likeness (QED) is 0.791. The number of hydrogen-bond acceptors (Lipinski definition) is 5. The molecule has 0 radical (unpaired) electrons. The van der Waals surface area contributed by atoms with Gasteiger partial charge in [-0.15, -0.1) is 0 Å². The van der Waals surface area contributed by atoms with E-state index in [0.717, 1.165) is 16.2 Å². The summed E-state index contributed by atoms with van der Waals surface area (Å²) in [6.07, 6.45) is 0. The van der Waals surface area contributed by atoms with Crippen molar-refractivity contribution in [1.82, 2.24) is 9.55 Å². The number of aryl methyl sites for hydroxylation is 1. The molecule has 0 aliphatic rings. The molecular weight excluding hydrogens is 250 g/mol. The largest absolute Gasteiger partial charge is 0.493 e. The first-order chi connectivity index (χ1) is 8.71. The maximum atomic E-state index is 8.61. The number of thioether (sulfide) groups is 1. The second-order valence-corrected chi connectivity index (χ2v) is 4.54. The minimum atomic E-state index is 0.380. The van der Waals surface area contributed by atoms with Crippen LogP contribution < -0.4 is 9.47 Å². The molecule has 1 aromatic carbocycles. The van der Waals surface area contributed by atoms with E-state index in [1.54, 1.807) is 14.2 Å². The van der Waals surface area contributed by atoms with Crippen molar-refractivity contribution < 1.29 is 9.47 Å². The SMILES string of the molecule is COc1cc2nc(SCC#N)n(C)c2cc1OC. The Hall–Kier alpha value is -1.87. The van der Waals surface area contributed by atoms with Crippen LogP contribution in [-0.2, 0) is 7.05 Å². The van der Waals surface area contributed by atoms with Crippen LogP contribution in [0.25, 0.3) is 11.0 Å². The van der Waals surface area contributed by atoms with Crippen molar-refractivity contribution >= 4 is 22.8 Å². The number of imidazole rings is 1. The summed E-state index contributed by atoms with van der Waals surface area (Å²) in [7, 11) is 5.12. The average Bonchev–Trinajstić information content (AvgIpc) is 2.71. The summed E-state index contributed by atoms with van der Waals surface area (Å²) in [4.78, 5) is 4.47. The Balaban J connectivity index is 2.55. The predicted molar refractivity (Wildman–Crippen MR) is 70.2 cm³/mol. The van der Waals surface area contributed by atoms with Crippen LogP contribution in [0, 0.1) is 11.3 Å². The van der Waals surface area contributed by atoms with E-state index in [1.807, 2.05) is 23.7 Å². The second-order valence-electron chi connectivity index (χ2n) is 3.60. The molecule has 0 aliphatic carbocycles. The van der Waals surface area contributed by atoms with Gasteiger partial charge in [-0.05, 0) is 0 Å². The van der Waals surface area contributed by atoms with Crippen LogP contribution in [0.3, 0.4) is 0 Å². The molecule has 6 heteroatoms. The van der Waals surface area contributed by atoms with E-state index in [-0.39, 0.29) is 0 Å². The first kappa shape index (κ1) is 12.6. The minimum absolute atomic E-state index is 0.380. The van der Waals surface area contributed by atoms with Crippen molar-refractivity contribution in [2.45, 2.75) is 5.16 Å². The Kier molecular flexibility index (Phi) is 3.63. The summed E-state index contributed by atoms with van der Waals surface area (Å²) >= 11 is 1.41. The fourth-order valence-electron chi connectivity index (χ4n) is 1.72. The molecule has 0 spiro atoms. The molecule has 0 atom stereocenters. The predicted octanol–water partition coefficient (Wildman–Crippen LogP) is 2.21. The van der Waals surface area contributed by atoms with E-state index in [4.69, 9.17) is 14.7 Å². The molecule has 0 unspecified atom stereocenters. The zero-order valence-electron chi connectivity index (χ0n) is 10.4. The highest BCUT2D eigenvalue weighted by atomic mass is 32.2. The van der Waals surface area contributed by atoms with Gasteiger partial charge in [-0.3, -0.25) is 0 Å². The van der Waals surface area contributed by atoms with Gasteiger partial charge in [-0.2, -0.15) is 5.26 Å². The van der Waals surface area contributed by atoms with Gasteiger partial charge in [-0.1, -0.05) is 11.8 Å². The lowest BCUT2D eigenvalue weighted by molar-refractivity contribution is 0.355. The lowest BCUT2D eigenvalue weighted by atomic mass is 10.2. The third-order valence-corrected chi connectivity index (χ3v) is 3.51. The second kappa shape index (κ2) is 5.19. The standard InChI is InChI=1S/C12H13N3O2S/c1-15-9-7-11(17-3)10(16-2)6-8(9)14-12(15)18-5-4-13/h6-7H,5H2,1-3H3. The monoisotopic (exact) mass is 263 g/mol. The van der Waals surface area contributed by atoms with Crippen LogP contribution >= 0.6 is 11.8 Å². The van der Waals surface area contributed by atoms with Gasteiger partial charge in [0.2, 0.25) is 0 Å². The highest BCUT2D eigenvalue weighted by Crippen LogP contribution is 2.33. The molecule has 0 saturated heterocycles. The van der Waals surface area contributed by atoms with Crippen molar-refractivity contribution in [2.75, 3.05) is 20.0 Å². The zero-order chi connectivity index (χ0) is 13.1. The summed E-state index contributed by atoms with van der Waals surface area (Å²) < 4.78 is 12.4. The summed E-state index contributed by atoms with van der Waals surface area (Å²) in [5.41, 5.74) is 1.78. The van der Waals surface area contributed by atoms with Gasteiger partial charge in [-0.25, -0.2) is 4.98 Å². The Bertz CT molecular complexity index is 616. The van der Waals surface area contributed by atoms with Gasteiger partial charge in [0.25, 0.3) is 0 Å². The fraction of sp³-hybridized carbons (Fsp3) is 0.333. The van der Waals surface area contributed by atoms with Crippen LogP contribution in [0.1, 0.15) is 0 Å². The van der Waals surface area contributed by atoms with Crippen molar-refractivity contribution in [3.8, 4) is 17.6 Å². The number of nitriles is 1. The molecule has 0 N–H and O–H groups in total. The Labute approximate surface area is 109 Å². The van der Waals surface area contributed by atoms with E-state index in [2.05, 4.69) is 11.1 Å². The van der Waals surface area contributed by atoms with Crippen LogP contribution in [0.2, 0.25) is 0 Å². The normalized spacial score (nSPS) is 10.3. The van der Waals surface area contributed by atoms with Gasteiger partial charge in [0.15, 0.2) is 16.7 Å². The highest BCUT2D eigenvalue weighted by Gasteiger charge is 2.13. The average molecular weight is 263 g/mol. The lowest BCUT2D eigenvalue weighted by Gasteiger charge is -2.07. The maximum Gasteiger partial charge on any atom is 0.169 e. The number of methoxy groups -OCH3 is 2. The summed E-state index contributed by atoms with van der Waals surface area (Å²) in [6.45, 7) is 0. The molecule has 1 aromatic heterocycles.